The Morgan fingerprint density at radius 3 is 1.95 bits per heavy atom. The Balaban J connectivity index is 1.29. The largest absolute Gasteiger partial charge is 0.466 e. The zero-order valence-corrected chi connectivity index (χ0v) is 24.5. The molecule has 0 unspecified atom stereocenters. The van der Waals surface area contributed by atoms with Crippen molar-refractivity contribution in [1.82, 2.24) is 15.1 Å². The lowest BCUT2D eigenvalue weighted by Crippen LogP contribution is -2.38. The molecular weight excluding hydrogens is 570 g/mol. The first kappa shape index (κ1) is 28.6. The summed E-state index contributed by atoms with van der Waals surface area (Å²) in [5.41, 5.74) is 5.22. The maximum absolute atomic E-state index is 12.0. The number of nitrogens with zero attached hydrogens (tertiary/aromatic N) is 4. The van der Waals surface area contributed by atoms with Gasteiger partial charge in [-0.25, -0.2) is 4.79 Å². The first-order valence-corrected chi connectivity index (χ1v) is 14.6. The number of rotatable bonds is 8. The molecule has 4 aromatic carbocycles. The summed E-state index contributed by atoms with van der Waals surface area (Å²) in [6.07, 6.45) is 4.75. The molecule has 1 saturated heterocycles. The SMILES string of the molecule is COC(=O)/C=C1/S/C(=N\N=Cc2ccc(-c3ccn(C(c4ccccc4)(c4ccccc4)c4ccccc4)n3)cc2)NC1=O. The number of thioether (sulfide) groups is 1. The quantitative estimate of drug-likeness (QED) is 0.0778. The Morgan fingerprint density at radius 2 is 1.41 bits per heavy atom. The number of carbonyl (C=O) groups excluding carboxylic acids is 2. The van der Waals surface area contributed by atoms with E-state index in [4.69, 9.17) is 5.10 Å². The molecule has 8 nitrogen and oxygen atoms in total. The molecule has 44 heavy (non-hydrogen) atoms. The highest BCUT2D eigenvalue weighted by Crippen LogP contribution is 2.40. The Labute approximate surface area is 258 Å². The molecule has 1 amide bonds. The minimum atomic E-state index is -0.687. The van der Waals surface area contributed by atoms with Crippen molar-refractivity contribution in [2.75, 3.05) is 7.11 Å². The number of carbonyl (C=O) groups is 2. The van der Waals surface area contributed by atoms with E-state index in [1.54, 1.807) is 6.21 Å². The molecule has 0 radical (unpaired) electrons. The zero-order chi connectivity index (χ0) is 30.4. The van der Waals surface area contributed by atoms with Gasteiger partial charge in [-0.05, 0) is 40.1 Å². The van der Waals surface area contributed by atoms with Crippen molar-refractivity contribution in [3.63, 3.8) is 0 Å². The smallest absolute Gasteiger partial charge is 0.331 e. The van der Waals surface area contributed by atoms with Crippen molar-refractivity contribution in [2.45, 2.75) is 5.54 Å². The number of amides is 1. The normalized spacial score (nSPS) is 15.2. The number of hydrogen-bond donors (Lipinski definition) is 1. The maximum Gasteiger partial charge on any atom is 0.331 e. The van der Waals surface area contributed by atoms with Crippen molar-refractivity contribution in [2.24, 2.45) is 10.2 Å². The highest BCUT2D eigenvalue weighted by molar-refractivity contribution is 8.18. The number of nitrogens with one attached hydrogen (secondary N) is 1. The van der Waals surface area contributed by atoms with Crippen LogP contribution in [0.5, 0.6) is 0 Å². The van der Waals surface area contributed by atoms with Crippen LogP contribution >= 0.6 is 11.8 Å². The molecule has 1 aromatic heterocycles. The number of hydrogen-bond acceptors (Lipinski definition) is 7. The Hall–Kier alpha value is -5.54. The fourth-order valence-electron chi connectivity index (χ4n) is 5.13. The third-order valence-corrected chi connectivity index (χ3v) is 8.07. The topological polar surface area (TPSA) is 97.9 Å². The van der Waals surface area contributed by atoms with Gasteiger partial charge in [0.15, 0.2) is 5.17 Å². The summed E-state index contributed by atoms with van der Waals surface area (Å²) in [5.74, 6) is -1.03. The number of aromatic nitrogens is 2. The molecule has 0 saturated carbocycles. The Bertz CT molecular complexity index is 1770. The first-order valence-electron chi connectivity index (χ1n) is 13.8. The summed E-state index contributed by atoms with van der Waals surface area (Å²) in [4.78, 5) is 23.6. The van der Waals surface area contributed by atoms with Crippen LogP contribution in [0.1, 0.15) is 22.3 Å². The average Bonchev–Trinajstić information content (AvgIpc) is 3.70. The predicted molar refractivity (Wildman–Crippen MR) is 173 cm³/mol. The van der Waals surface area contributed by atoms with Gasteiger partial charge < -0.3 is 4.74 Å². The van der Waals surface area contributed by atoms with E-state index in [1.807, 2.05) is 59.4 Å². The molecule has 0 spiro atoms. The summed E-state index contributed by atoms with van der Waals surface area (Å²) in [6.45, 7) is 0. The van der Waals surface area contributed by atoms with Gasteiger partial charge in [-0.15, -0.1) is 5.10 Å². The van der Waals surface area contributed by atoms with Gasteiger partial charge in [0.2, 0.25) is 0 Å². The molecule has 9 heteroatoms. The van der Waals surface area contributed by atoms with Gasteiger partial charge in [-0.3, -0.25) is 14.8 Å². The van der Waals surface area contributed by atoms with E-state index in [0.29, 0.717) is 0 Å². The average molecular weight is 598 g/mol. The zero-order valence-electron chi connectivity index (χ0n) is 23.7. The molecule has 0 bridgehead atoms. The van der Waals surface area contributed by atoms with Crippen LogP contribution in [0.15, 0.2) is 149 Å². The Kier molecular flexibility index (Phi) is 8.29. The van der Waals surface area contributed by atoms with Crippen molar-refractivity contribution in [3.05, 3.63) is 161 Å². The number of methoxy groups -OCH3 is 1. The fourth-order valence-corrected chi connectivity index (χ4v) is 5.87. The lowest BCUT2D eigenvalue weighted by atomic mass is 9.77. The van der Waals surface area contributed by atoms with Gasteiger partial charge in [-0.2, -0.15) is 10.2 Å². The minimum Gasteiger partial charge on any atom is -0.466 e. The number of benzene rings is 4. The Morgan fingerprint density at radius 1 is 0.841 bits per heavy atom. The monoisotopic (exact) mass is 597 g/mol. The number of esters is 1. The summed E-state index contributed by atoms with van der Waals surface area (Å²) in [5, 5.41) is 16.2. The van der Waals surface area contributed by atoms with Crippen molar-refractivity contribution in [1.29, 1.82) is 0 Å². The molecule has 1 aliphatic heterocycles. The van der Waals surface area contributed by atoms with Crippen LogP contribution in [-0.2, 0) is 19.9 Å². The third kappa shape index (κ3) is 5.73. The van der Waals surface area contributed by atoms with E-state index in [-0.39, 0.29) is 10.1 Å². The van der Waals surface area contributed by atoms with Crippen LogP contribution < -0.4 is 5.32 Å². The van der Waals surface area contributed by atoms with Gasteiger partial charge in [-0.1, -0.05) is 115 Å². The van der Waals surface area contributed by atoms with Gasteiger partial charge in [0.1, 0.15) is 5.54 Å². The number of amidine groups is 1. The number of ether oxygens (including phenoxy) is 1. The second-order valence-electron chi connectivity index (χ2n) is 9.81. The second kappa shape index (κ2) is 12.8. The molecule has 1 aliphatic rings. The molecule has 1 N–H and O–H groups in total. The van der Waals surface area contributed by atoms with Crippen molar-refractivity contribution < 1.29 is 14.3 Å². The first-order chi connectivity index (χ1) is 21.6. The van der Waals surface area contributed by atoms with Gasteiger partial charge in [0.25, 0.3) is 5.91 Å². The van der Waals surface area contributed by atoms with Crippen LogP contribution in [0, 0.1) is 0 Å². The predicted octanol–water partition coefficient (Wildman–Crippen LogP) is 6.00. The van der Waals surface area contributed by atoms with E-state index >= 15 is 0 Å². The van der Waals surface area contributed by atoms with Crippen LogP contribution in [0.3, 0.4) is 0 Å². The molecule has 216 valence electrons. The maximum atomic E-state index is 12.0. The molecular formula is C35H27N5O3S. The van der Waals surface area contributed by atoms with E-state index in [9.17, 15) is 9.59 Å². The molecule has 5 aromatic rings. The summed E-state index contributed by atoms with van der Waals surface area (Å²) in [6, 6.07) is 41.1. The van der Waals surface area contributed by atoms with Gasteiger partial charge >= 0.3 is 5.97 Å². The van der Waals surface area contributed by atoms with Crippen LogP contribution in [0.2, 0.25) is 0 Å². The highest BCUT2D eigenvalue weighted by atomic mass is 32.2. The van der Waals surface area contributed by atoms with Gasteiger partial charge in [0.05, 0.1) is 23.9 Å². The van der Waals surface area contributed by atoms with Crippen LogP contribution in [0.4, 0.5) is 0 Å². The van der Waals surface area contributed by atoms with Gasteiger partial charge in [0, 0.05) is 17.8 Å². The van der Waals surface area contributed by atoms with E-state index in [2.05, 4.69) is 93.1 Å². The summed E-state index contributed by atoms with van der Waals surface area (Å²) in [7, 11) is 1.25. The summed E-state index contributed by atoms with van der Waals surface area (Å²) < 4.78 is 6.62. The molecule has 1 fully saturated rings. The molecule has 2 heterocycles. The minimum absolute atomic E-state index is 0.199. The van der Waals surface area contributed by atoms with E-state index < -0.39 is 17.4 Å². The standard InChI is InChI=1S/C35H27N5O3S/c1-43-32(41)23-31-33(42)37-34(44-31)38-36-24-25-17-19-26(20-18-25)30-21-22-40(39-30)35(27-11-5-2-6-12-27,28-13-7-3-8-14-28)29-15-9-4-10-16-29/h2-24H,1H3,(H,37,38,42)/b31-23+,36-24?. The van der Waals surface area contributed by atoms with E-state index in [1.165, 1.54) is 7.11 Å². The van der Waals surface area contributed by atoms with Crippen LogP contribution in [0.25, 0.3) is 11.3 Å². The van der Waals surface area contributed by atoms with E-state index in [0.717, 1.165) is 51.3 Å². The summed E-state index contributed by atoms with van der Waals surface area (Å²) >= 11 is 1.02. The third-order valence-electron chi connectivity index (χ3n) is 7.17. The molecule has 0 atom stereocenters. The molecule has 6 rings (SSSR count). The fraction of sp³-hybridized carbons (Fsp3) is 0.0571. The lowest BCUT2D eigenvalue weighted by molar-refractivity contribution is -0.135. The molecule has 0 aliphatic carbocycles. The lowest BCUT2D eigenvalue weighted by Gasteiger charge is -2.36. The second-order valence-corrected chi connectivity index (χ2v) is 10.8. The van der Waals surface area contributed by atoms with Crippen molar-refractivity contribution >= 4 is 35.0 Å². The van der Waals surface area contributed by atoms with Crippen molar-refractivity contribution in [3.8, 4) is 11.3 Å². The van der Waals surface area contributed by atoms with Crippen LogP contribution in [-0.4, -0.2) is 40.1 Å². The highest BCUT2D eigenvalue weighted by Gasteiger charge is 2.39.